The van der Waals surface area contributed by atoms with E-state index in [2.05, 4.69) is 64.8 Å². The summed E-state index contributed by atoms with van der Waals surface area (Å²) >= 11 is 0. The van der Waals surface area contributed by atoms with Gasteiger partial charge in [-0.15, -0.1) is 0 Å². The number of nitrogens with zero attached hydrogens (tertiary/aromatic N) is 2. The fourth-order valence-electron chi connectivity index (χ4n) is 4.07. The largest absolute Gasteiger partial charge is 0.326 e. The van der Waals surface area contributed by atoms with Crippen LogP contribution in [0.3, 0.4) is 0 Å². The normalized spacial score (nSPS) is 16.7. The van der Waals surface area contributed by atoms with Crippen LogP contribution in [0.5, 0.6) is 0 Å². The molecule has 1 saturated heterocycles. The first-order valence-corrected chi connectivity index (χ1v) is 10.3. The van der Waals surface area contributed by atoms with Gasteiger partial charge >= 0.3 is 0 Å². The molecule has 0 saturated carbocycles. The molecule has 0 unspecified atom stereocenters. The minimum absolute atomic E-state index is 0.0428. The lowest BCUT2D eigenvalue weighted by molar-refractivity contribution is -0.114. The lowest BCUT2D eigenvalue weighted by Gasteiger charge is -2.24. The van der Waals surface area contributed by atoms with Crippen molar-refractivity contribution in [2.24, 2.45) is 0 Å². The van der Waals surface area contributed by atoms with Crippen molar-refractivity contribution in [1.29, 1.82) is 0 Å². The molecule has 4 nitrogen and oxygen atoms in total. The quantitative estimate of drug-likeness (QED) is 0.652. The summed E-state index contributed by atoms with van der Waals surface area (Å²) in [6, 6.07) is 25.4. The van der Waals surface area contributed by atoms with Crippen molar-refractivity contribution in [3.05, 3.63) is 95.3 Å². The highest BCUT2D eigenvalue weighted by atomic mass is 16.1. The van der Waals surface area contributed by atoms with Gasteiger partial charge in [0.2, 0.25) is 5.91 Å². The van der Waals surface area contributed by atoms with Crippen molar-refractivity contribution in [2.45, 2.75) is 38.8 Å². The van der Waals surface area contributed by atoms with Gasteiger partial charge in [-0.05, 0) is 54.8 Å². The van der Waals surface area contributed by atoms with Gasteiger partial charge in [0.1, 0.15) is 0 Å². The van der Waals surface area contributed by atoms with Gasteiger partial charge in [-0.25, -0.2) is 0 Å². The molecule has 1 fully saturated rings. The standard InChI is InChI=1S/C25H27N3O/c1-19(29)26-22-14-12-21(13-15-22)18-28-16-6-11-25(28)24-10-5-9-23(27-24)17-20-7-3-2-4-8-20/h2-5,7-10,12-15,25H,6,11,16-18H2,1H3,(H,26,29)/t25-/m1/s1. The zero-order chi connectivity index (χ0) is 20.1. The van der Waals surface area contributed by atoms with Crippen LogP contribution in [0.4, 0.5) is 5.69 Å². The Hall–Kier alpha value is -2.98. The number of anilines is 1. The van der Waals surface area contributed by atoms with Crippen LogP contribution in [0.2, 0.25) is 0 Å². The number of benzene rings is 2. The van der Waals surface area contributed by atoms with Crippen LogP contribution in [0.15, 0.2) is 72.8 Å². The highest BCUT2D eigenvalue weighted by Crippen LogP contribution is 2.32. The molecule has 3 aromatic rings. The summed E-state index contributed by atoms with van der Waals surface area (Å²) in [7, 11) is 0. The third kappa shape index (κ3) is 5.09. The fourth-order valence-corrected chi connectivity index (χ4v) is 4.07. The number of amides is 1. The molecule has 1 N–H and O–H groups in total. The van der Waals surface area contributed by atoms with Gasteiger partial charge in [-0.3, -0.25) is 14.7 Å². The van der Waals surface area contributed by atoms with Crippen molar-refractivity contribution in [3.8, 4) is 0 Å². The Morgan fingerprint density at radius 2 is 1.79 bits per heavy atom. The molecular weight excluding hydrogens is 358 g/mol. The van der Waals surface area contributed by atoms with Crippen LogP contribution >= 0.6 is 0 Å². The number of hydrogen-bond acceptors (Lipinski definition) is 3. The molecule has 29 heavy (non-hydrogen) atoms. The number of hydrogen-bond donors (Lipinski definition) is 1. The van der Waals surface area contributed by atoms with Crippen molar-refractivity contribution < 1.29 is 4.79 Å². The van der Waals surface area contributed by atoms with E-state index in [9.17, 15) is 4.79 Å². The number of carbonyl (C=O) groups excluding carboxylic acids is 1. The van der Waals surface area contributed by atoms with E-state index in [0.717, 1.165) is 37.3 Å². The number of pyridine rings is 1. The predicted molar refractivity (Wildman–Crippen MR) is 117 cm³/mol. The zero-order valence-electron chi connectivity index (χ0n) is 16.8. The highest BCUT2D eigenvalue weighted by Gasteiger charge is 2.27. The van der Waals surface area contributed by atoms with E-state index in [1.54, 1.807) is 0 Å². The molecule has 2 heterocycles. The number of rotatable bonds is 6. The summed E-state index contributed by atoms with van der Waals surface area (Å²) in [4.78, 5) is 18.7. The SMILES string of the molecule is CC(=O)Nc1ccc(CN2CCC[C@@H]2c2cccc(Cc3ccccc3)n2)cc1. The molecule has 4 rings (SSSR count). The van der Waals surface area contributed by atoms with Gasteiger partial charge in [-0.1, -0.05) is 48.5 Å². The molecule has 148 valence electrons. The van der Waals surface area contributed by atoms with Crippen LogP contribution < -0.4 is 5.32 Å². The summed E-state index contributed by atoms with van der Waals surface area (Å²) in [6.45, 7) is 3.51. The van der Waals surface area contributed by atoms with Gasteiger partial charge in [0, 0.05) is 31.3 Å². The molecule has 0 aliphatic carbocycles. The van der Waals surface area contributed by atoms with Crippen LogP contribution in [-0.4, -0.2) is 22.3 Å². The molecule has 4 heteroatoms. The van der Waals surface area contributed by atoms with Crippen LogP contribution in [0, 0.1) is 0 Å². The molecule has 1 aromatic heterocycles. The lowest BCUT2D eigenvalue weighted by Crippen LogP contribution is -2.23. The average molecular weight is 386 g/mol. The topological polar surface area (TPSA) is 45.2 Å². The molecule has 1 atom stereocenters. The first-order valence-electron chi connectivity index (χ1n) is 10.3. The summed E-state index contributed by atoms with van der Waals surface area (Å²) in [5.74, 6) is -0.0428. The highest BCUT2D eigenvalue weighted by molar-refractivity contribution is 5.88. The van der Waals surface area contributed by atoms with E-state index in [-0.39, 0.29) is 5.91 Å². The molecule has 1 amide bonds. The maximum atomic E-state index is 11.2. The maximum Gasteiger partial charge on any atom is 0.221 e. The molecule has 1 aliphatic rings. The third-order valence-corrected chi connectivity index (χ3v) is 5.42. The molecule has 0 radical (unpaired) electrons. The second-order valence-corrected chi connectivity index (χ2v) is 7.72. The van der Waals surface area contributed by atoms with Crippen LogP contribution in [0.25, 0.3) is 0 Å². The third-order valence-electron chi connectivity index (χ3n) is 5.42. The van der Waals surface area contributed by atoms with Crippen molar-refractivity contribution in [2.75, 3.05) is 11.9 Å². The van der Waals surface area contributed by atoms with E-state index in [1.807, 2.05) is 18.2 Å². The number of nitrogens with one attached hydrogen (secondary N) is 1. The monoisotopic (exact) mass is 385 g/mol. The summed E-state index contributed by atoms with van der Waals surface area (Å²) in [5.41, 5.74) is 5.69. The second kappa shape index (κ2) is 9.01. The molecule has 0 bridgehead atoms. The Labute approximate surface area is 172 Å². The summed E-state index contributed by atoms with van der Waals surface area (Å²) in [5, 5.41) is 2.82. The average Bonchev–Trinajstić information content (AvgIpc) is 3.18. The Kier molecular flexibility index (Phi) is 6.01. The van der Waals surface area contributed by atoms with E-state index in [0.29, 0.717) is 6.04 Å². The second-order valence-electron chi connectivity index (χ2n) is 7.72. The molecular formula is C25H27N3O. The Morgan fingerprint density at radius 3 is 2.55 bits per heavy atom. The van der Waals surface area contributed by atoms with Crippen molar-refractivity contribution >= 4 is 11.6 Å². The predicted octanol–water partition coefficient (Wildman–Crippen LogP) is 4.97. The van der Waals surface area contributed by atoms with Crippen molar-refractivity contribution in [1.82, 2.24) is 9.88 Å². The summed E-state index contributed by atoms with van der Waals surface area (Å²) < 4.78 is 0. The minimum Gasteiger partial charge on any atom is -0.326 e. The van der Waals surface area contributed by atoms with Crippen LogP contribution in [0.1, 0.15) is 48.3 Å². The van der Waals surface area contributed by atoms with Gasteiger partial charge in [0.05, 0.1) is 11.7 Å². The first kappa shape index (κ1) is 19.3. The number of carbonyl (C=O) groups is 1. The number of likely N-dealkylation sites (tertiary alicyclic amines) is 1. The van der Waals surface area contributed by atoms with Gasteiger partial charge in [0.25, 0.3) is 0 Å². The lowest BCUT2D eigenvalue weighted by atomic mass is 10.1. The Morgan fingerprint density at radius 1 is 1.00 bits per heavy atom. The van der Waals surface area contributed by atoms with Gasteiger partial charge in [0.15, 0.2) is 0 Å². The van der Waals surface area contributed by atoms with Crippen molar-refractivity contribution in [3.63, 3.8) is 0 Å². The van der Waals surface area contributed by atoms with Gasteiger partial charge in [-0.2, -0.15) is 0 Å². The molecule has 1 aliphatic heterocycles. The number of aromatic nitrogens is 1. The van der Waals surface area contributed by atoms with E-state index in [1.165, 1.54) is 30.2 Å². The van der Waals surface area contributed by atoms with E-state index < -0.39 is 0 Å². The van der Waals surface area contributed by atoms with Crippen LogP contribution in [-0.2, 0) is 17.8 Å². The first-order chi connectivity index (χ1) is 14.2. The fraction of sp³-hybridized carbons (Fsp3) is 0.280. The Bertz CT molecular complexity index is 953. The smallest absolute Gasteiger partial charge is 0.221 e. The minimum atomic E-state index is -0.0428. The maximum absolute atomic E-state index is 11.2. The molecule has 2 aromatic carbocycles. The zero-order valence-corrected chi connectivity index (χ0v) is 16.8. The van der Waals surface area contributed by atoms with E-state index >= 15 is 0 Å². The Balaban J connectivity index is 1.45. The van der Waals surface area contributed by atoms with Gasteiger partial charge < -0.3 is 5.32 Å². The molecule has 0 spiro atoms. The van der Waals surface area contributed by atoms with E-state index in [4.69, 9.17) is 4.98 Å². The summed E-state index contributed by atoms with van der Waals surface area (Å²) in [6.07, 6.45) is 3.21.